The zero-order valence-corrected chi connectivity index (χ0v) is 10.2. The first-order valence-electron chi connectivity index (χ1n) is 5.29. The minimum Gasteiger partial charge on any atom is -0.323 e. The topological polar surface area (TPSA) is 51.8 Å². The van der Waals surface area contributed by atoms with E-state index in [9.17, 15) is 0 Å². The number of hydrogen-bond acceptors (Lipinski definition) is 4. The molecule has 0 spiro atoms. The molecule has 0 fully saturated rings. The van der Waals surface area contributed by atoms with E-state index >= 15 is 0 Å². The summed E-state index contributed by atoms with van der Waals surface area (Å²) in [7, 11) is 0. The Morgan fingerprint density at radius 1 is 1.19 bits per heavy atom. The van der Waals surface area contributed by atoms with Crippen molar-refractivity contribution in [2.45, 2.75) is 19.9 Å². The summed E-state index contributed by atoms with van der Waals surface area (Å²) in [5.41, 5.74) is 7.16. The van der Waals surface area contributed by atoms with Gasteiger partial charge in [0.15, 0.2) is 0 Å². The van der Waals surface area contributed by atoms with Crippen LogP contribution in [-0.2, 0) is 0 Å². The Bertz CT molecular complexity index is 450. The van der Waals surface area contributed by atoms with Gasteiger partial charge in [0.1, 0.15) is 6.33 Å². The summed E-state index contributed by atoms with van der Waals surface area (Å²) in [5.74, 6) is 0.457. The lowest BCUT2D eigenvalue weighted by atomic mass is 10.0. The van der Waals surface area contributed by atoms with Crippen LogP contribution in [0.1, 0.15) is 24.8 Å². The monoisotopic (exact) mass is 233 g/mol. The molecule has 1 unspecified atom stereocenters. The van der Waals surface area contributed by atoms with Crippen LogP contribution in [0, 0.1) is 5.92 Å². The third-order valence-corrected chi connectivity index (χ3v) is 3.75. The summed E-state index contributed by atoms with van der Waals surface area (Å²) < 4.78 is 0. The number of rotatable bonds is 3. The maximum Gasteiger partial charge on any atom is 0.115 e. The first-order chi connectivity index (χ1) is 7.68. The molecule has 0 amide bonds. The summed E-state index contributed by atoms with van der Waals surface area (Å²) in [5, 5.41) is 0. The van der Waals surface area contributed by atoms with Gasteiger partial charge in [-0.2, -0.15) is 0 Å². The van der Waals surface area contributed by atoms with E-state index in [2.05, 4.69) is 35.9 Å². The fourth-order valence-corrected chi connectivity index (χ4v) is 2.60. The van der Waals surface area contributed by atoms with Crippen molar-refractivity contribution in [3.05, 3.63) is 35.7 Å². The first kappa shape index (κ1) is 11.2. The Balaban J connectivity index is 2.27. The third kappa shape index (κ3) is 2.28. The van der Waals surface area contributed by atoms with Crippen LogP contribution in [0.2, 0.25) is 0 Å². The molecular formula is C12H15N3S. The van der Waals surface area contributed by atoms with Crippen LogP contribution >= 0.6 is 11.3 Å². The van der Waals surface area contributed by atoms with Gasteiger partial charge in [-0.1, -0.05) is 13.8 Å². The zero-order chi connectivity index (χ0) is 11.5. The normalized spacial score (nSPS) is 13.0. The van der Waals surface area contributed by atoms with Gasteiger partial charge >= 0.3 is 0 Å². The Hall–Kier alpha value is -1.26. The van der Waals surface area contributed by atoms with Crippen LogP contribution in [0.5, 0.6) is 0 Å². The van der Waals surface area contributed by atoms with Crippen molar-refractivity contribution >= 4 is 11.3 Å². The number of hydrogen-bond donors (Lipinski definition) is 1. The predicted molar refractivity (Wildman–Crippen MR) is 67.1 cm³/mol. The molecule has 0 aromatic carbocycles. The van der Waals surface area contributed by atoms with Crippen LogP contribution in [-0.4, -0.2) is 9.97 Å². The van der Waals surface area contributed by atoms with Gasteiger partial charge in [0, 0.05) is 33.8 Å². The highest BCUT2D eigenvalue weighted by Gasteiger charge is 2.13. The van der Waals surface area contributed by atoms with Crippen LogP contribution in [0.25, 0.3) is 10.4 Å². The molecule has 0 bridgehead atoms. The van der Waals surface area contributed by atoms with Gasteiger partial charge in [0.2, 0.25) is 0 Å². The van der Waals surface area contributed by atoms with E-state index in [0.717, 1.165) is 5.56 Å². The molecule has 0 radical (unpaired) electrons. The van der Waals surface area contributed by atoms with E-state index in [1.807, 2.05) is 12.4 Å². The average Bonchev–Trinajstić information content (AvgIpc) is 2.78. The smallest absolute Gasteiger partial charge is 0.115 e. The van der Waals surface area contributed by atoms with E-state index < -0.39 is 0 Å². The first-order valence-corrected chi connectivity index (χ1v) is 6.11. The van der Waals surface area contributed by atoms with E-state index in [4.69, 9.17) is 5.73 Å². The quantitative estimate of drug-likeness (QED) is 0.886. The second-order valence-corrected chi connectivity index (χ2v) is 5.21. The Kier molecular flexibility index (Phi) is 3.31. The lowest BCUT2D eigenvalue weighted by molar-refractivity contribution is 0.521. The maximum atomic E-state index is 6.11. The zero-order valence-electron chi connectivity index (χ0n) is 9.42. The molecule has 0 saturated carbocycles. The van der Waals surface area contributed by atoms with E-state index in [1.54, 1.807) is 11.3 Å². The van der Waals surface area contributed by atoms with Crippen molar-refractivity contribution in [3.8, 4) is 10.4 Å². The van der Waals surface area contributed by atoms with Crippen molar-refractivity contribution in [1.29, 1.82) is 0 Å². The lowest BCUT2D eigenvalue weighted by Gasteiger charge is -2.12. The van der Waals surface area contributed by atoms with Gasteiger partial charge < -0.3 is 5.73 Å². The standard InChI is InChI=1S/C12H15N3S/c1-8(2)12(13)11-4-3-10(16-11)9-5-14-7-15-6-9/h3-8,12H,13H2,1-2H3. The number of thiophene rings is 1. The van der Waals surface area contributed by atoms with Crippen LogP contribution < -0.4 is 5.73 Å². The fourth-order valence-electron chi connectivity index (χ4n) is 1.44. The minimum absolute atomic E-state index is 0.114. The molecule has 3 nitrogen and oxygen atoms in total. The highest BCUT2D eigenvalue weighted by atomic mass is 32.1. The maximum absolute atomic E-state index is 6.11. The molecule has 0 aliphatic rings. The van der Waals surface area contributed by atoms with Crippen molar-refractivity contribution < 1.29 is 0 Å². The molecule has 4 heteroatoms. The molecule has 2 rings (SSSR count). The predicted octanol–water partition coefficient (Wildman–Crippen LogP) is 2.86. The van der Waals surface area contributed by atoms with Gasteiger partial charge in [0.25, 0.3) is 0 Å². The number of aromatic nitrogens is 2. The molecule has 0 aliphatic carbocycles. The highest BCUT2D eigenvalue weighted by molar-refractivity contribution is 7.15. The molecule has 16 heavy (non-hydrogen) atoms. The third-order valence-electron chi connectivity index (χ3n) is 2.52. The molecular weight excluding hydrogens is 218 g/mol. The van der Waals surface area contributed by atoms with Gasteiger partial charge in [-0.25, -0.2) is 9.97 Å². The summed E-state index contributed by atoms with van der Waals surface area (Å²) >= 11 is 1.72. The minimum atomic E-state index is 0.114. The van der Waals surface area contributed by atoms with Crippen molar-refractivity contribution in [2.24, 2.45) is 11.7 Å². The average molecular weight is 233 g/mol. The SMILES string of the molecule is CC(C)C(N)c1ccc(-c2cncnc2)s1. The lowest BCUT2D eigenvalue weighted by Crippen LogP contribution is -2.14. The Morgan fingerprint density at radius 3 is 2.50 bits per heavy atom. The van der Waals surface area contributed by atoms with Gasteiger partial charge in [-0.05, 0) is 18.1 Å². The van der Waals surface area contributed by atoms with E-state index in [0.29, 0.717) is 5.92 Å². The Morgan fingerprint density at radius 2 is 1.88 bits per heavy atom. The molecule has 0 aliphatic heterocycles. The van der Waals surface area contributed by atoms with E-state index in [1.165, 1.54) is 16.1 Å². The summed E-state index contributed by atoms with van der Waals surface area (Å²) in [4.78, 5) is 10.4. The van der Waals surface area contributed by atoms with Crippen LogP contribution in [0.4, 0.5) is 0 Å². The summed E-state index contributed by atoms with van der Waals surface area (Å²) in [6.07, 6.45) is 5.19. The number of nitrogens with zero attached hydrogens (tertiary/aromatic N) is 2. The van der Waals surface area contributed by atoms with Crippen molar-refractivity contribution in [1.82, 2.24) is 9.97 Å². The van der Waals surface area contributed by atoms with Gasteiger partial charge in [-0.3, -0.25) is 0 Å². The van der Waals surface area contributed by atoms with Gasteiger partial charge in [0.05, 0.1) is 0 Å². The second-order valence-electron chi connectivity index (χ2n) is 4.10. The van der Waals surface area contributed by atoms with Crippen molar-refractivity contribution in [3.63, 3.8) is 0 Å². The highest BCUT2D eigenvalue weighted by Crippen LogP contribution is 2.32. The second kappa shape index (κ2) is 4.72. The van der Waals surface area contributed by atoms with E-state index in [-0.39, 0.29) is 6.04 Å². The van der Waals surface area contributed by atoms with Crippen LogP contribution in [0.15, 0.2) is 30.9 Å². The molecule has 1 atom stereocenters. The molecule has 2 N–H and O–H groups in total. The fraction of sp³-hybridized carbons (Fsp3) is 0.333. The van der Waals surface area contributed by atoms with Crippen LogP contribution in [0.3, 0.4) is 0 Å². The summed E-state index contributed by atoms with van der Waals surface area (Å²) in [6.45, 7) is 4.27. The molecule has 2 aromatic rings. The molecule has 0 saturated heterocycles. The molecule has 2 heterocycles. The Labute approximate surface area is 99.4 Å². The summed E-state index contributed by atoms with van der Waals surface area (Å²) in [6, 6.07) is 4.29. The molecule has 2 aromatic heterocycles. The van der Waals surface area contributed by atoms with Gasteiger partial charge in [-0.15, -0.1) is 11.3 Å². The molecule has 84 valence electrons. The van der Waals surface area contributed by atoms with Crippen molar-refractivity contribution in [2.75, 3.05) is 0 Å². The number of nitrogens with two attached hydrogens (primary N) is 1. The largest absolute Gasteiger partial charge is 0.323 e.